The zero-order chi connectivity index (χ0) is 20.5. The van der Waals surface area contributed by atoms with Gasteiger partial charge in [-0.2, -0.15) is 0 Å². The molecule has 0 aromatic heterocycles. The van der Waals surface area contributed by atoms with Gasteiger partial charge in [-0.25, -0.2) is 0 Å². The summed E-state index contributed by atoms with van der Waals surface area (Å²) in [5.74, 6) is -1.89. The summed E-state index contributed by atoms with van der Waals surface area (Å²) in [6, 6.07) is 7.57. The molecule has 2 rings (SSSR count). The summed E-state index contributed by atoms with van der Waals surface area (Å²) in [5, 5.41) is 1.82. The molecule has 1 aromatic rings. The van der Waals surface area contributed by atoms with Crippen LogP contribution in [0.1, 0.15) is 0 Å². The number of ether oxygens (including phenoxy) is 4. The van der Waals surface area contributed by atoms with E-state index in [0.717, 1.165) is 10.6 Å². The van der Waals surface area contributed by atoms with Crippen molar-refractivity contribution in [3.8, 4) is 5.75 Å². The first-order valence-electron chi connectivity index (χ1n) is 8.66. The van der Waals surface area contributed by atoms with E-state index in [1.807, 2.05) is 29.7 Å². The van der Waals surface area contributed by atoms with Gasteiger partial charge in [-0.3, -0.25) is 9.59 Å². The number of benzene rings is 1. The zero-order valence-corrected chi connectivity index (χ0v) is 16.7. The molecule has 1 aliphatic rings. The zero-order valence-electron chi connectivity index (χ0n) is 15.9. The van der Waals surface area contributed by atoms with Crippen LogP contribution in [0.25, 0.3) is 0 Å². The lowest BCUT2D eigenvalue weighted by molar-refractivity contribution is -0.156. The van der Waals surface area contributed by atoms with E-state index in [-0.39, 0.29) is 0 Å². The van der Waals surface area contributed by atoms with E-state index in [2.05, 4.69) is 13.2 Å². The Morgan fingerprint density at radius 2 is 1.68 bits per heavy atom. The molecule has 150 valence electrons. The Hall–Kier alpha value is -2.51. The maximum atomic E-state index is 12.3. The van der Waals surface area contributed by atoms with Crippen LogP contribution in [0.4, 0.5) is 0 Å². The van der Waals surface area contributed by atoms with Crippen LogP contribution in [0.2, 0.25) is 0 Å². The predicted octanol–water partition coefficient (Wildman–Crippen LogP) is 3.39. The van der Waals surface area contributed by atoms with E-state index in [0.29, 0.717) is 6.61 Å². The molecular formula is C21H24O6S. The smallest absolute Gasteiger partial charge is 0.312 e. The third-order valence-electron chi connectivity index (χ3n) is 4.25. The number of rotatable bonds is 9. The monoisotopic (exact) mass is 404 g/mol. The first-order valence-corrected chi connectivity index (χ1v) is 9.54. The first kappa shape index (κ1) is 21.8. The lowest BCUT2D eigenvalue weighted by atomic mass is 9.87. The Balaban J connectivity index is 2.09. The topological polar surface area (TPSA) is 71.1 Å². The van der Waals surface area contributed by atoms with Crippen molar-refractivity contribution in [2.45, 2.75) is 17.1 Å². The molecule has 0 bridgehead atoms. The molecule has 0 amide bonds. The van der Waals surface area contributed by atoms with Gasteiger partial charge in [0.2, 0.25) is 0 Å². The van der Waals surface area contributed by atoms with E-state index in [4.69, 9.17) is 18.9 Å². The molecule has 0 aliphatic carbocycles. The molecule has 1 fully saturated rings. The fourth-order valence-corrected chi connectivity index (χ4v) is 3.61. The average Bonchev–Trinajstić information content (AvgIpc) is 3.10. The maximum Gasteiger partial charge on any atom is 0.312 e. The van der Waals surface area contributed by atoms with Crippen molar-refractivity contribution in [2.24, 2.45) is 11.8 Å². The summed E-state index contributed by atoms with van der Waals surface area (Å²) >= 11 is 1.45. The fraction of sp³-hybridized carbons (Fsp3) is 0.333. The van der Waals surface area contributed by atoms with E-state index >= 15 is 0 Å². The van der Waals surface area contributed by atoms with Crippen molar-refractivity contribution in [2.75, 3.05) is 20.8 Å². The minimum absolute atomic E-state index is 0.451. The lowest BCUT2D eigenvalue weighted by Gasteiger charge is -2.17. The highest BCUT2D eigenvalue weighted by molar-refractivity contribution is 8.02. The Bertz CT molecular complexity index is 727. The van der Waals surface area contributed by atoms with Gasteiger partial charge in [0.25, 0.3) is 0 Å². The molecule has 0 saturated carbocycles. The molecule has 1 saturated heterocycles. The summed E-state index contributed by atoms with van der Waals surface area (Å²) in [4.78, 5) is 25.4. The maximum absolute atomic E-state index is 12.3. The van der Waals surface area contributed by atoms with Crippen LogP contribution in [-0.4, -0.2) is 45.0 Å². The summed E-state index contributed by atoms with van der Waals surface area (Å²) in [7, 11) is 2.56. The predicted molar refractivity (Wildman–Crippen MR) is 107 cm³/mol. The van der Waals surface area contributed by atoms with E-state index in [9.17, 15) is 9.59 Å². The molecule has 0 N–H and O–H groups in total. The van der Waals surface area contributed by atoms with Crippen LogP contribution in [0.5, 0.6) is 5.75 Å². The Labute approximate surface area is 169 Å². The van der Waals surface area contributed by atoms with Gasteiger partial charge in [0.15, 0.2) is 0 Å². The summed E-state index contributed by atoms with van der Waals surface area (Å²) < 4.78 is 21.0. The van der Waals surface area contributed by atoms with Crippen molar-refractivity contribution in [1.29, 1.82) is 0 Å². The molecule has 28 heavy (non-hydrogen) atoms. The lowest BCUT2D eigenvalue weighted by Crippen LogP contribution is -2.35. The largest absolute Gasteiger partial charge is 0.490 e. The van der Waals surface area contributed by atoms with E-state index < -0.39 is 36.0 Å². The third-order valence-corrected chi connectivity index (χ3v) is 5.09. The number of hydrogen-bond acceptors (Lipinski definition) is 7. The highest BCUT2D eigenvalue weighted by Gasteiger charge is 2.51. The van der Waals surface area contributed by atoms with Gasteiger partial charge in [-0.1, -0.05) is 30.5 Å². The number of hydrogen-bond donors (Lipinski definition) is 0. The van der Waals surface area contributed by atoms with Crippen LogP contribution in [0.3, 0.4) is 0 Å². The van der Waals surface area contributed by atoms with Crippen LogP contribution >= 0.6 is 11.8 Å². The van der Waals surface area contributed by atoms with Crippen LogP contribution in [0.15, 0.2) is 66.0 Å². The van der Waals surface area contributed by atoms with Crippen molar-refractivity contribution < 1.29 is 28.5 Å². The Morgan fingerprint density at radius 3 is 2.21 bits per heavy atom. The fourth-order valence-electron chi connectivity index (χ4n) is 2.93. The van der Waals surface area contributed by atoms with Crippen LogP contribution < -0.4 is 4.74 Å². The molecule has 0 radical (unpaired) electrons. The molecular weight excluding hydrogens is 380 g/mol. The molecule has 1 heterocycles. The van der Waals surface area contributed by atoms with Crippen molar-refractivity contribution in [3.05, 3.63) is 61.1 Å². The van der Waals surface area contributed by atoms with Gasteiger partial charge >= 0.3 is 11.9 Å². The van der Waals surface area contributed by atoms with Crippen LogP contribution in [0, 0.1) is 11.8 Å². The highest BCUT2D eigenvalue weighted by Crippen LogP contribution is 2.36. The minimum Gasteiger partial charge on any atom is -0.490 e. The Morgan fingerprint density at radius 1 is 1.07 bits per heavy atom. The molecule has 1 aromatic carbocycles. The van der Waals surface area contributed by atoms with Gasteiger partial charge < -0.3 is 18.9 Å². The highest BCUT2D eigenvalue weighted by atomic mass is 32.2. The molecule has 7 heteroatoms. The molecule has 1 aliphatic heterocycles. The first-order chi connectivity index (χ1) is 13.5. The van der Waals surface area contributed by atoms with Gasteiger partial charge in [0.1, 0.15) is 24.2 Å². The second-order valence-electron chi connectivity index (χ2n) is 5.92. The summed E-state index contributed by atoms with van der Waals surface area (Å²) in [6.07, 6.45) is 3.68. The van der Waals surface area contributed by atoms with E-state index in [1.165, 1.54) is 32.1 Å². The van der Waals surface area contributed by atoms with Crippen molar-refractivity contribution >= 4 is 23.7 Å². The number of carbonyl (C=O) groups is 2. The minimum atomic E-state index is -0.799. The van der Waals surface area contributed by atoms with Crippen LogP contribution in [-0.2, 0) is 23.8 Å². The second-order valence-corrected chi connectivity index (χ2v) is 6.90. The van der Waals surface area contributed by atoms with Gasteiger partial charge in [-0.15, -0.1) is 6.58 Å². The SMILES string of the molecule is C=CCOc1ccc(S/C=C/C2OC(C=C)C(C(=O)OC)C2C(=O)OC)cc1. The number of methoxy groups -OCH3 is 2. The number of esters is 2. The van der Waals surface area contributed by atoms with Gasteiger partial charge in [0.05, 0.1) is 26.4 Å². The molecule has 6 nitrogen and oxygen atoms in total. The summed E-state index contributed by atoms with van der Waals surface area (Å²) in [6.45, 7) is 7.75. The molecule has 4 atom stereocenters. The standard InChI is InChI=1S/C21H24O6S/c1-5-12-26-14-7-9-15(10-8-14)28-13-11-17-19(21(23)25-4)18(20(22)24-3)16(6-2)27-17/h5-11,13,16-19H,1-2,12H2,3-4H3/b13-11+. The third kappa shape index (κ3) is 5.27. The van der Waals surface area contributed by atoms with Gasteiger partial charge in [0, 0.05) is 4.90 Å². The summed E-state index contributed by atoms with van der Waals surface area (Å²) in [5.41, 5.74) is 0. The Kier molecular flexibility index (Phi) is 8.35. The quantitative estimate of drug-likeness (QED) is 0.355. The number of carbonyl (C=O) groups excluding carboxylic acids is 2. The van der Waals surface area contributed by atoms with Crippen molar-refractivity contribution in [1.82, 2.24) is 0 Å². The van der Waals surface area contributed by atoms with Crippen molar-refractivity contribution in [3.63, 3.8) is 0 Å². The normalized spacial score (nSPS) is 23.9. The molecule has 4 unspecified atom stereocenters. The second kappa shape index (κ2) is 10.7. The number of thioether (sulfide) groups is 1. The average molecular weight is 404 g/mol. The van der Waals surface area contributed by atoms with Gasteiger partial charge in [-0.05, 0) is 35.7 Å². The molecule has 0 spiro atoms. The van der Waals surface area contributed by atoms with E-state index in [1.54, 1.807) is 12.2 Å².